The van der Waals surface area contributed by atoms with E-state index in [1.807, 2.05) is 19.4 Å². The number of carboxylic acids is 1. The number of carbonyl (C=O) groups is 1. The molecular formula is C11H17N3O2. The lowest BCUT2D eigenvalue weighted by atomic mass is 10.1. The van der Waals surface area contributed by atoms with E-state index in [4.69, 9.17) is 5.11 Å². The van der Waals surface area contributed by atoms with Crippen LogP contribution in [0.2, 0.25) is 0 Å². The van der Waals surface area contributed by atoms with Gasteiger partial charge in [0.15, 0.2) is 0 Å². The van der Waals surface area contributed by atoms with E-state index >= 15 is 0 Å². The van der Waals surface area contributed by atoms with Gasteiger partial charge in [0.25, 0.3) is 0 Å². The molecule has 16 heavy (non-hydrogen) atoms. The Bertz CT molecular complexity index is 388. The molecule has 2 rings (SSSR count). The van der Waals surface area contributed by atoms with Crippen LogP contribution in [-0.4, -0.2) is 38.8 Å². The van der Waals surface area contributed by atoms with Gasteiger partial charge in [-0.25, -0.2) is 0 Å². The summed E-state index contributed by atoms with van der Waals surface area (Å²) in [4.78, 5) is 13.1. The van der Waals surface area contributed by atoms with E-state index in [1.54, 1.807) is 4.68 Å². The van der Waals surface area contributed by atoms with Gasteiger partial charge in [-0.05, 0) is 19.9 Å². The molecule has 88 valence electrons. The molecule has 2 heterocycles. The first-order valence-electron chi connectivity index (χ1n) is 5.53. The average molecular weight is 223 g/mol. The molecule has 0 saturated carbocycles. The van der Waals surface area contributed by atoms with Crippen LogP contribution in [-0.2, 0) is 11.8 Å². The molecule has 0 aromatic carbocycles. The summed E-state index contributed by atoms with van der Waals surface area (Å²) in [7, 11) is 1.89. The Hall–Kier alpha value is -1.36. The van der Waals surface area contributed by atoms with Crippen molar-refractivity contribution in [2.24, 2.45) is 13.0 Å². The normalized spacial score (nSPS) is 23.5. The van der Waals surface area contributed by atoms with Crippen LogP contribution in [0.1, 0.15) is 24.9 Å². The van der Waals surface area contributed by atoms with E-state index in [1.165, 1.54) is 0 Å². The molecule has 2 atom stereocenters. The molecule has 0 amide bonds. The van der Waals surface area contributed by atoms with Crippen LogP contribution in [0.5, 0.6) is 0 Å². The molecule has 0 aliphatic carbocycles. The van der Waals surface area contributed by atoms with E-state index in [2.05, 4.69) is 16.9 Å². The van der Waals surface area contributed by atoms with Crippen LogP contribution in [0.3, 0.4) is 0 Å². The van der Waals surface area contributed by atoms with Crippen molar-refractivity contribution in [2.45, 2.75) is 19.4 Å². The Labute approximate surface area is 94.7 Å². The maximum absolute atomic E-state index is 10.9. The first-order chi connectivity index (χ1) is 7.58. The second kappa shape index (κ2) is 4.25. The zero-order valence-electron chi connectivity index (χ0n) is 9.63. The van der Waals surface area contributed by atoms with Gasteiger partial charge in [0.2, 0.25) is 0 Å². The monoisotopic (exact) mass is 223 g/mol. The Balaban J connectivity index is 2.02. The fourth-order valence-electron chi connectivity index (χ4n) is 2.21. The topological polar surface area (TPSA) is 58.4 Å². The summed E-state index contributed by atoms with van der Waals surface area (Å²) < 4.78 is 1.77. The lowest BCUT2D eigenvalue weighted by Crippen LogP contribution is -2.26. The number of aryl methyl sites for hydroxylation is 1. The summed E-state index contributed by atoms with van der Waals surface area (Å²) >= 11 is 0. The largest absolute Gasteiger partial charge is 0.481 e. The van der Waals surface area contributed by atoms with Crippen molar-refractivity contribution in [3.05, 3.63) is 18.0 Å². The van der Waals surface area contributed by atoms with Gasteiger partial charge in [0.1, 0.15) is 0 Å². The molecule has 1 aromatic rings. The van der Waals surface area contributed by atoms with Crippen LogP contribution in [0.15, 0.2) is 12.4 Å². The molecule has 5 nitrogen and oxygen atoms in total. The maximum Gasteiger partial charge on any atom is 0.307 e. The van der Waals surface area contributed by atoms with Crippen LogP contribution < -0.4 is 0 Å². The van der Waals surface area contributed by atoms with E-state index in [9.17, 15) is 4.79 Å². The van der Waals surface area contributed by atoms with Gasteiger partial charge in [-0.1, -0.05) is 0 Å². The van der Waals surface area contributed by atoms with Gasteiger partial charge in [-0.15, -0.1) is 0 Å². The number of aliphatic carboxylic acids is 1. The second-order valence-electron chi connectivity index (χ2n) is 4.44. The van der Waals surface area contributed by atoms with E-state index in [0.29, 0.717) is 6.54 Å². The number of hydrogen-bond acceptors (Lipinski definition) is 3. The first kappa shape index (κ1) is 11.1. The zero-order chi connectivity index (χ0) is 11.7. The molecule has 0 spiro atoms. The van der Waals surface area contributed by atoms with Crippen molar-refractivity contribution in [3.63, 3.8) is 0 Å². The van der Waals surface area contributed by atoms with Gasteiger partial charge in [-0.2, -0.15) is 5.10 Å². The number of hydrogen-bond donors (Lipinski definition) is 1. The van der Waals surface area contributed by atoms with Crippen LogP contribution in [0, 0.1) is 5.92 Å². The number of aromatic nitrogens is 2. The number of carboxylic acid groups (broad SMARTS) is 1. The molecule has 0 bridgehead atoms. The Morgan fingerprint density at radius 3 is 2.94 bits per heavy atom. The standard InChI is InChI=1S/C11H17N3O2/c1-8(10-5-12-13(2)6-10)14-4-3-9(7-14)11(15)16/h5-6,8-9H,3-4,7H2,1-2H3,(H,15,16). The summed E-state index contributed by atoms with van der Waals surface area (Å²) in [6.07, 6.45) is 4.58. The Morgan fingerprint density at radius 1 is 1.69 bits per heavy atom. The predicted molar refractivity (Wildman–Crippen MR) is 58.9 cm³/mol. The maximum atomic E-state index is 10.9. The summed E-state index contributed by atoms with van der Waals surface area (Å²) in [6.45, 7) is 3.60. The zero-order valence-corrected chi connectivity index (χ0v) is 9.63. The van der Waals surface area contributed by atoms with E-state index in [0.717, 1.165) is 18.5 Å². The lowest BCUT2D eigenvalue weighted by Gasteiger charge is -2.22. The minimum atomic E-state index is -0.680. The molecule has 1 aliphatic heterocycles. The molecule has 1 N–H and O–H groups in total. The van der Waals surface area contributed by atoms with Gasteiger partial charge in [-0.3, -0.25) is 14.4 Å². The molecule has 1 fully saturated rings. The summed E-state index contributed by atoms with van der Waals surface area (Å²) in [6, 6.07) is 0.248. The fraction of sp³-hybridized carbons (Fsp3) is 0.636. The van der Waals surface area contributed by atoms with Gasteiger partial charge < -0.3 is 5.11 Å². The average Bonchev–Trinajstić information content (AvgIpc) is 2.84. The SMILES string of the molecule is CC(c1cnn(C)c1)N1CCC(C(=O)O)C1. The minimum absolute atomic E-state index is 0.209. The Kier molecular flexibility index (Phi) is 2.96. The van der Waals surface area contributed by atoms with Crippen molar-refractivity contribution in [2.75, 3.05) is 13.1 Å². The van der Waals surface area contributed by atoms with Crippen molar-refractivity contribution in [1.29, 1.82) is 0 Å². The van der Waals surface area contributed by atoms with Gasteiger partial charge >= 0.3 is 5.97 Å². The summed E-state index contributed by atoms with van der Waals surface area (Å²) in [5.41, 5.74) is 1.15. The molecule has 0 radical (unpaired) electrons. The molecule has 1 aromatic heterocycles. The van der Waals surface area contributed by atoms with Crippen LogP contribution in [0.25, 0.3) is 0 Å². The van der Waals surface area contributed by atoms with Crippen molar-refractivity contribution < 1.29 is 9.90 Å². The highest BCUT2D eigenvalue weighted by atomic mass is 16.4. The lowest BCUT2D eigenvalue weighted by molar-refractivity contribution is -0.141. The predicted octanol–water partition coefficient (Wildman–Crippen LogP) is 0.888. The summed E-state index contributed by atoms with van der Waals surface area (Å²) in [5, 5.41) is 13.1. The van der Waals surface area contributed by atoms with Crippen molar-refractivity contribution in [1.82, 2.24) is 14.7 Å². The van der Waals surface area contributed by atoms with E-state index < -0.39 is 5.97 Å². The highest BCUT2D eigenvalue weighted by Crippen LogP contribution is 2.26. The highest BCUT2D eigenvalue weighted by molar-refractivity contribution is 5.70. The highest BCUT2D eigenvalue weighted by Gasteiger charge is 2.31. The smallest absolute Gasteiger partial charge is 0.307 e. The quantitative estimate of drug-likeness (QED) is 0.826. The number of nitrogens with zero attached hydrogens (tertiary/aromatic N) is 3. The molecule has 1 aliphatic rings. The number of rotatable bonds is 3. The van der Waals surface area contributed by atoms with E-state index in [-0.39, 0.29) is 12.0 Å². The third-order valence-electron chi connectivity index (χ3n) is 3.32. The first-order valence-corrected chi connectivity index (χ1v) is 5.53. The van der Waals surface area contributed by atoms with Crippen molar-refractivity contribution in [3.8, 4) is 0 Å². The third kappa shape index (κ3) is 2.09. The third-order valence-corrected chi connectivity index (χ3v) is 3.32. The van der Waals surface area contributed by atoms with Gasteiger partial charge in [0.05, 0.1) is 12.1 Å². The minimum Gasteiger partial charge on any atom is -0.481 e. The number of likely N-dealkylation sites (tertiary alicyclic amines) is 1. The molecule has 1 saturated heterocycles. The van der Waals surface area contributed by atoms with Gasteiger partial charge in [0, 0.05) is 31.4 Å². The van der Waals surface area contributed by atoms with Crippen LogP contribution >= 0.6 is 0 Å². The second-order valence-corrected chi connectivity index (χ2v) is 4.44. The molecule has 5 heteroatoms. The summed E-state index contributed by atoms with van der Waals surface area (Å²) in [5.74, 6) is -0.889. The Morgan fingerprint density at radius 2 is 2.44 bits per heavy atom. The molecule has 2 unspecified atom stereocenters. The molecular weight excluding hydrogens is 206 g/mol. The van der Waals surface area contributed by atoms with Crippen LogP contribution in [0.4, 0.5) is 0 Å². The fourth-order valence-corrected chi connectivity index (χ4v) is 2.21. The van der Waals surface area contributed by atoms with Crippen molar-refractivity contribution >= 4 is 5.97 Å².